The molecular formula is C80H52O4. The molecule has 4 heteroatoms. The van der Waals surface area contributed by atoms with E-state index in [1.54, 1.807) is 28.4 Å². The van der Waals surface area contributed by atoms with Crippen LogP contribution in [0.4, 0.5) is 0 Å². The van der Waals surface area contributed by atoms with Gasteiger partial charge in [0.05, 0.1) is 28.4 Å². The van der Waals surface area contributed by atoms with Gasteiger partial charge in [0.1, 0.15) is 23.0 Å². The fourth-order valence-corrected chi connectivity index (χ4v) is 14.6. The van der Waals surface area contributed by atoms with Gasteiger partial charge in [-0.1, -0.05) is 170 Å². The summed E-state index contributed by atoms with van der Waals surface area (Å²) < 4.78 is 22.9. The largest absolute Gasteiger partial charge is 0.497 e. The zero-order valence-electron chi connectivity index (χ0n) is 46.7. The second-order valence-electron chi connectivity index (χ2n) is 22.3. The molecule has 16 aromatic rings. The van der Waals surface area contributed by atoms with Gasteiger partial charge in [-0.2, -0.15) is 0 Å². The quantitative estimate of drug-likeness (QED) is 0.101. The predicted octanol–water partition coefficient (Wildman–Crippen LogP) is 21.5. The Bertz CT molecular complexity index is 5020. The lowest BCUT2D eigenvalue weighted by Gasteiger charge is -2.25. The smallest absolute Gasteiger partial charge is 0.118 e. The van der Waals surface area contributed by atoms with E-state index in [-0.39, 0.29) is 0 Å². The maximum absolute atomic E-state index is 5.85. The number of rotatable bonds is 10. The third-order valence-electron chi connectivity index (χ3n) is 18.3. The average Bonchev–Trinajstić information content (AvgIpc) is 1.50. The molecule has 0 radical (unpaired) electrons. The zero-order valence-corrected chi connectivity index (χ0v) is 46.7. The van der Waals surface area contributed by atoms with Crippen LogP contribution < -0.4 is 18.9 Å². The van der Waals surface area contributed by atoms with Crippen molar-refractivity contribution in [3.05, 3.63) is 243 Å². The second-order valence-corrected chi connectivity index (χ2v) is 22.3. The van der Waals surface area contributed by atoms with Gasteiger partial charge in [0.25, 0.3) is 0 Å². The fraction of sp³-hybridized carbons (Fsp3) is 0.0500. The van der Waals surface area contributed by atoms with E-state index >= 15 is 0 Å². The van der Waals surface area contributed by atoms with E-state index in [0.717, 1.165) is 67.5 Å². The molecule has 0 aliphatic heterocycles. The van der Waals surface area contributed by atoms with Gasteiger partial charge in [-0.15, -0.1) is 0 Å². The molecule has 17 rings (SSSR count). The minimum atomic E-state index is 0.818. The van der Waals surface area contributed by atoms with Gasteiger partial charge in [-0.25, -0.2) is 0 Å². The number of hydrogen-bond acceptors (Lipinski definition) is 4. The highest BCUT2D eigenvalue weighted by atomic mass is 16.5. The lowest BCUT2D eigenvalue weighted by molar-refractivity contribution is 0.415. The predicted molar refractivity (Wildman–Crippen MR) is 352 cm³/mol. The average molecular weight is 1080 g/mol. The first-order chi connectivity index (χ1) is 41.5. The van der Waals surface area contributed by atoms with Gasteiger partial charge in [-0.3, -0.25) is 0 Å². The lowest BCUT2D eigenvalue weighted by Crippen LogP contribution is -1.98. The van der Waals surface area contributed by atoms with Crippen LogP contribution in [-0.2, 0) is 0 Å². The monoisotopic (exact) mass is 1080 g/mol. The van der Waals surface area contributed by atoms with E-state index in [0.29, 0.717) is 0 Å². The summed E-state index contributed by atoms with van der Waals surface area (Å²) in [6.07, 6.45) is 0. The van der Waals surface area contributed by atoms with Crippen LogP contribution in [0.5, 0.6) is 23.0 Å². The van der Waals surface area contributed by atoms with Crippen LogP contribution in [0.3, 0.4) is 0 Å². The number of benzene rings is 16. The van der Waals surface area contributed by atoms with Crippen molar-refractivity contribution >= 4 is 86.2 Å². The summed E-state index contributed by atoms with van der Waals surface area (Å²) >= 11 is 0. The molecular weight excluding hydrogens is 1020 g/mol. The van der Waals surface area contributed by atoms with Crippen molar-refractivity contribution in [3.8, 4) is 112 Å². The summed E-state index contributed by atoms with van der Waals surface area (Å²) in [5.74, 6) is 3.31. The first-order valence-electron chi connectivity index (χ1n) is 28.7. The minimum Gasteiger partial charge on any atom is -0.497 e. The maximum Gasteiger partial charge on any atom is 0.118 e. The Hall–Kier alpha value is -10.7. The van der Waals surface area contributed by atoms with Gasteiger partial charge in [0.15, 0.2) is 0 Å². The van der Waals surface area contributed by atoms with E-state index < -0.39 is 0 Å². The van der Waals surface area contributed by atoms with E-state index in [1.165, 1.54) is 131 Å². The van der Waals surface area contributed by atoms with Crippen LogP contribution in [0.2, 0.25) is 0 Å². The van der Waals surface area contributed by atoms with Crippen molar-refractivity contribution in [2.45, 2.75) is 0 Å². The Kier molecular flexibility index (Phi) is 10.5. The summed E-state index contributed by atoms with van der Waals surface area (Å²) in [5, 5.41) is 20.1. The molecule has 0 bridgehead atoms. The summed E-state index contributed by atoms with van der Waals surface area (Å²) in [4.78, 5) is 0. The molecule has 0 saturated heterocycles. The van der Waals surface area contributed by atoms with Crippen molar-refractivity contribution in [2.75, 3.05) is 28.4 Å². The zero-order chi connectivity index (χ0) is 55.9. The molecule has 0 heterocycles. The molecule has 0 atom stereocenters. The van der Waals surface area contributed by atoms with Gasteiger partial charge in [0, 0.05) is 0 Å². The molecule has 0 unspecified atom stereocenters. The maximum atomic E-state index is 5.85. The van der Waals surface area contributed by atoms with Crippen LogP contribution in [0.1, 0.15) is 0 Å². The minimum absolute atomic E-state index is 0.818. The molecule has 1 aliphatic carbocycles. The van der Waals surface area contributed by atoms with Gasteiger partial charge >= 0.3 is 0 Å². The van der Waals surface area contributed by atoms with E-state index in [1.807, 2.05) is 0 Å². The normalized spacial score (nSPS) is 12.0. The molecule has 0 saturated carbocycles. The molecule has 1 aliphatic rings. The van der Waals surface area contributed by atoms with E-state index in [4.69, 9.17) is 18.9 Å². The SMILES string of the molecule is COc1ccc(-c2cc3cc(-c4ccc(OC)cc4)cc4c5ccc6c7ccc8c9c(ccc(c%10ccc(c(c2)c34)c5c%106)c97)-c2c-8c(-c3ccc(OC)cc3)c3c(-c4ccccc4)ccc(-c4ccccc4)c3c2-c2ccc(OC)cc2)cc1. The third-order valence-corrected chi connectivity index (χ3v) is 18.3. The number of hydrogen-bond donors (Lipinski definition) is 0. The topological polar surface area (TPSA) is 36.9 Å². The van der Waals surface area contributed by atoms with Crippen molar-refractivity contribution < 1.29 is 18.9 Å². The van der Waals surface area contributed by atoms with Crippen molar-refractivity contribution in [2.24, 2.45) is 0 Å². The van der Waals surface area contributed by atoms with E-state index in [2.05, 4.69) is 243 Å². The Morgan fingerprint density at radius 3 is 0.857 bits per heavy atom. The molecule has 0 fully saturated rings. The summed E-state index contributed by atoms with van der Waals surface area (Å²) in [6, 6.07) is 89.9. The Morgan fingerprint density at radius 1 is 0.190 bits per heavy atom. The molecule has 0 aromatic heterocycles. The molecule has 0 amide bonds. The lowest BCUT2D eigenvalue weighted by atomic mass is 9.78. The Labute approximate surface area is 485 Å². The summed E-state index contributed by atoms with van der Waals surface area (Å²) in [7, 11) is 6.93. The molecule has 16 aromatic carbocycles. The third kappa shape index (κ3) is 6.89. The van der Waals surface area contributed by atoms with E-state index in [9.17, 15) is 0 Å². The molecule has 396 valence electrons. The second kappa shape index (κ2) is 18.4. The first-order valence-corrected chi connectivity index (χ1v) is 28.7. The molecule has 0 N–H and O–H groups in total. The van der Waals surface area contributed by atoms with Gasteiger partial charge in [0.2, 0.25) is 0 Å². The fourth-order valence-electron chi connectivity index (χ4n) is 14.6. The van der Waals surface area contributed by atoms with Crippen LogP contribution in [0.15, 0.2) is 243 Å². The van der Waals surface area contributed by atoms with Gasteiger partial charge < -0.3 is 18.9 Å². The standard InChI is InChI=1S/C80H52O4/c1-81-54-23-15-45(16-24-54)51-41-53-42-52(46-17-25-55(82-2)26-18-46)44-69-65-36-34-61-63-38-40-67-76-66(39-37-62(74(63)76)60-33-35-64(75(65)73(60)61)68(43-51)70(53)69)79-71(49-19-27-56(83-3)28-20-49)77-58(47-11-7-5-8-12-47)31-32-59(48-13-9-6-10-14-48)78(77)72(80(67)79)50-21-29-57(84-4)30-22-50/h5-44H,1-4H3. The Balaban J connectivity index is 1.01. The highest BCUT2D eigenvalue weighted by Crippen LogP contribution is 2.62. The van der Waals surface area contributed by atoms with Crippen molar-refractivity contribution in [1.29, 1.82) is 0 Å². The number of fused-ring (bicyclic) bond motifs is 8. The van der Waals surface area contributed by atoms with Crippen molar-refractivity contribution in [1.82, 2.24) is 0 Å². The van der Waals surface area contributed by atoms with Crippen LogP contribution >= 0.6 is 0 Å². The highest BCUT2D eigenvalue weighted by Gasteiger charge is 2.35. The van der Waals surface area contributed by atoms with Crippen molar-refractivity contribution in [3.63, 3.8) is 0 Å². The van der Waals surface area contributed by atoms with Crippen LogP contribution in [-0.4, -0.2) is 28.4 Å². The first kappa shape index (κ1) is 48.1. The molecule has 84 heavy (non-hydrogen) atoms. The summed E-state index contributed by atoms with van der Waals surface area (Å²) in [6.45, 7) is 0. The van der Waals surface area contributed by atoms with Crippen LogP contribution in [0, 0.1) is 0 Å². The molecule has 4 nitrogen and oxygen atoms in total. The van der Waals surface area contributed by atoms with Gasteiger partial charge in [-0.05, 0) is 248 Å². The van der Waals surface area contributed by atoms with Crippen LogP contribution in [0.25, 0.3) is 175 Å². The summed E-state index contributed by atoms with van der Waals surface area (Å²) in [5.41, 5.74) is 18.9. The highest BCUT2D eigenvalue weighted by molar-refractivity contribution is 6.45. The number of ether oxygens (including phenoxy) is 4. The Morgan fingerprint density at radius 2 is 0.500 bits per heavy atom. The number of methoxy groups -OCH3 is 4. The molecule has 0 spiro atoms.